The van der Waals surface area contributed by atoms with E-state index in [0.29, 0.717) is 11.1 Å². The summed E-state index contributed by atoms with van der Waals surface area (Å²) in [6.45, 7) is 4.12. The predicted octanol–water partition coefficient (Wildman–Crippen LogP) is 2.45. The Hall–Kier alpha value is -0.420. The summed E-state index contributed by atoms with van der Waals surface area (Å²) in [5.74, 6) is 5.12. The lowest BCUT2D eigenvalue weighted by atomic mass is 10.1. The highest BCUT2D eigenvalue weighted by atomic mass is 32.2. The minimum Gasteiger partial charge on any atom is -0.383 e. The third-order valence-corrected chi connectivity index (χ3v) is 5.47. The molecule has 2 rings (SSSR count). The minimum absolute atomic E-state index is 0.422. The molecule has 3 nitrogen and oxygen atoms in total. The molecule has 1 aromatic rings. The monoisotopic (exact) mass is 255 g/mol. The van der Waals surface area contributed by atoms with E-state index < -0.39 is 0 Å². The zero-order valence-electron chi connectivity index (χ0n) is 9.69. The number of hydrogen-bond acceptors (Lipinski definition) is 5. The van der Waals surface area contributed by atoms with Crippen molar-refractivity contribution in [3.8, 4) is 0 Å². The number of hydrogen-bond donors (Lipinski definition) is 1. The second kappa shape index (κ2) is 5.27. The van der Waals surface area contributed by atoms with Gasteiger partial charge < -0.3 is 5.73 Å². The van der Waals surface area contributed by atoms with Gasteiger partial charge in [0.2, 0.25) is 0 Å². The van der Waals surface area contributed by atoms with Crippen LogP contribution in [-0.2, 0) is 6.42 Å². The van der Waals surface area contributed by atoms with Crippen LogP contribution >= 0.6 is 23.5 Å². The molecular weight excluding hydrogens is 238 g/mol. The minimum atomic E-state index is 0.422. The maximum Gasteiger partial charge on any atom is 0.144 e. The van der Waals surface area contributed by atoms with Gasteiger partial charge in [-0.3, -0.25) is 0 Å². The van der Waals surface area contributed by atoms with Crippen molar-refractivity contribution in [2.24, 2.45) is 0 Å². The summed E-state index contributed by atoms with van der Waals surface area (Å²) in [7, 11) is 0. The second-order valence-electron chi connectivity index (χ2n) is 3.82. The van der Waals surface area contributed by atoms with Gasteiger partial charge in [-0.2, -0.15) is 11.8 Å². The summed E-state index contributed by atoms with van der Waals surface area (Å²) in [5.41, 5.74) is 8.11. The van der Waals surface area contributed by atoms with Crippen LogP contribution in [0.2, 0.25) is 0 Å². The van der Waals surface area contributed by atoms with Crippen LogP contribution in [0.4, 0.5) is 5.82 Å². The Labute approximate surface area is 105 Å². The second-order valence-corrected chi connectivity index (χ2v) is 6.28. The first-order valence-corrected chi connectivity index (χ1v) is 7.75. The van der Waals surface area contributed by atoms with Crippen molar-refractivity contribution in [3.05, 3.63) is 17.1 Å². The van der Waals surface area contributed by atoms with Gasteiger partial charge in [0.1, 0.15) is 11.6 Å². The number of anilines is 1. The number of rotatable bonds is 2. The fraction of sp³-hybridized carbons (Fsp3) is 0.636. The summed E-state index contributed by atoms with van der Waals surface area (Å²) in [6.07, 6.45) is 0.907. The van der Waals surface area contributed by atoms with Crippen molar-refractivity contribution >= 4 is 29.3 Å². The van der Waals surface area contributed by atoms with Gasteiger partial charge in [0.15, 0.2) is 0 Å². The van der Waals surface area contributed by atoms with Gasteiger partial charge in [-0.25, -0.2) is 9.97 Å². The Kier molecular flexibility index (Phi) is 3.97. The van der Waals surface area contributed by atoms with E-state index in [1.165, 1.54) is 11.5 Å². The smallest absolute Gasteiger partial charge is 0.144 e. The van der Waals surface area contributed by atoms with Crippen molar-refractivity contribution < 1.29 is 0 Å². The molecule has 1 aromatic heterocycles. The van der Waals surface area contributed by atoms with Crippen LogP contribution in [0.5, 0.6) is 0 Å². The molecule has 16 heavy (non-hydrogen) atoms. The van der Waals surface area contributed by atoms with E-state index in [1.54, 1.807) is 0 Å². The molecule has 1 atom stereocenters. The van der Waals surface area contributed by atoms with Gasteiger partial charge in [0, 0.05) is 28.5 Å². The lowest BCUT2D eigenvalue weighted by molar-refractivity contribution is 0.883. The molecule has 2 N–H and O–H groups in total. The molecule has 1 saturated heterocycles. The maximum atomic E-state index is 5.97. The van der Waals surface area contributed by atoms with Crippen LogP contribution in [-0.4, -0.2) is 27.2 Å². The van der Waals surface area contributed by atoms with E-state index >= 15 is 0 Å². The molecule has 0 aromatic carbocycles. The molecule has 1 unspecified atom stereocenters. The molecule has 1 aliphatic rings. The van der Waals surface area contributed by atoms with E-state index in [9.17, 15) is 0 Å². The standard InChI is InChI=1S/C11H17N3S2/c1-3-8-7(2)13-11(14-10(8)12)9-6-15-4-5-16-9/h9H,3-6H2,1-2H3,(H2,12,13,14). The van der Waals surface area contributed by atoms with E-state index in [4.69, 9.17) is 5.73 Å². The van der Waals surface area contributed by atoms with E-state index in [-0.39, 0.29) is 0 Å². The third-order valence-electron chi connectivity index (χ3n) is 2.72. The lowest BCUT2D eigenvalue weighted by Gasteiger charge is -2.20. The summed E-state index contributed by atoms with van der Waals surface area (Å²) < 4.78 is 0. The summed E-state index contributed by atoms with van der Waals surface area (Å²) in [6, 6.07) is 0. The Morgan fingerprint density at radius 1 is 1.38 bits per heavy atom. The highest BCUT2D eigenvalue weighted by molar-refractivity contribution is 8.06. The average molecular weight is 255 g/mol. The van der Waals surface area contributed by atoms with Crippen molar-refractivity contribution in [1.29, 1.82) is 0 Å². The molecule has 1 fully saturated rings. The third kappa shape index (κ3) is 2.46. The van der Waals surface area contributed by atoms with Gasteiger partial charge in [-0.1, -0.05) is 6.92 Å². The topological polar surface area (TPSA) is 51.8 Å². The Balaban J connectivity index is 2.28. The first-order valence-electron chi connectivity index (χ1n) is 5.54. The van der Waals surface area contributed by atoms with Crippen LogP contribution in [0, 0.1) is 6.92 Å². The molecular formula is C11H17N3S2. The Morgan fingerprint density at radius 2 is 2.19 bits per heavy atom. The maximum absolute atomic E-state index is 5.97. The Bertz CT molecular complexity index is 352. The molecule has 0 aliphatic carbocycles. The zero-order chi connectivity index (χ0) is 11.5. The van der Waals surface area contributed by atoms with E-state index in [2.05, 4.69) is 16.9 Å². The normalized spacial score (nSPS) is 21.0. The Morgan fingerprint density at radius 3 is 2.75 bits per heavy atom. The largest absolute Gasteiger partial charge is 0.383 e. The van der Waals surface area contributed by atoms with Crippen LogP contribution in [0.3, 0.4) is 0 Å². The van der Waals surface area contributed by atoms with Gasteiger partial charge >= 0.3 is 0 Å². The van der Waals surface area contributed by atoms with Gasteiger partial charge in [-0.15, -0.1) is 11.8 Å². The average Bonchev–Trinajstić information content (AvgIpc) is 2.30. The fourth-order valence-corrected chi connectivity index (χ4v) is 4.46. The van der Waals surface area contributed by atoms with Crippen LogP contribution in [0.25, 0.3) is 0 Å². The SMILES string of the molecule is CCc1c(C)nc(C2CSCCS2)nc1N. The van der Waals surface area contributed by atoms with Crippen LogP contribution in [0.15, 0.2) is 0 Å². The van der Waals surface area contributed by atoms with Crippen LogP contribution < -0.4 is 5.73 Å². The highest BCUT2D eigenvalue weighted by Crippen LogP contribution is 2.35. The fourth-order valence-electron chi connectivity index (χ4n) is 1.86. The van der Waals surface area contributed by atoms with Crippen molar-refractivity contribution in [2.45, 2.75) is 25.5 Å². The summed E-state index contributed by atoms with van der Waals surface area (Å²) in [5, 5.41) is 0.422. The number of thioether (sulfide) groups is 2. The molecule has 0 bridgehead atoms. The molecule has 0 amide bonds. The number of nitrogens with zero attached hydrogens (tertiary/aromatic N) is 2. The van der Waals surface area contributed by atoms with Crippen molar-refractivity contribution in [3.63, 3.8) is 0 Å². The number of aromatic nitrogens is 2. The molecule has 0 spiro atoms. The van der Waals surface area contributed by atoms with Crippen LogP contribution in [0.1, 0.15) is 29.3 Å². The molecule has 1 aliphatic heterocycles. The molecule has 88 valence electrons. The molecule has 2 heterocycles. The van der Waals surface area contributed by atoms with Crippen molar-refractivity contribution in [2.75, 3.05) is 23.0 Å². The quantitative estimate of drug-likeness (QED) is 0.879. The number of nitrogen functional groups attached to an aromatic ring is 1. The summed E-state index contributed by atoms with van der Waals surface area (Å²) in [4.78, 5) is 9.06. The first kappa shape index (κ1) is 12.0. The van der Waals surface area contributed by atoms with Gasteiger partial charge in [0.25, 0.3) is 0 Å². The molecule has 0 radical (unpaired) electrons. The highest BCUT2D eigenvalue weighted by Gasteiger charge is 2.20. The number of nitrogens with two attached hydrogens (primary N) is 1. The zero-order valence-corrected chi connectivity index (χ0v) is 11.3. The van der Waals surface area contributed by atoms with Gasteiger partial charge in [0.05, 0.1) is 5.25 Å². The number of aryl methyl sites for hydroxylation is 1. The first-order chi connectivity index (χ1) is 7.72. The predicted molar refractivity (Wildman–Crippen MR) is 73.1 cm³/mol. The van der Waals surface area contributed by atoms with E-state index in [1.807, 2.05) is 30.4 Å². The van der Waals surface area contributed by atoms with Gasteiger partial charge in [-0.05, 0) is 13.3 Å². The molecule has 0 saturated carbocycles. The van der Waals surface area contributed by atoms with Crippen molar-refractivity contribution in [1.82, 2.24) is 9.97 Å². The van der Waals surface area contributed by atoms with E-state index in [0.717, 1.165) is 29.3 Å². The molecule has 5 heteroatoms. The summed E-state index contributed by atoms with van der Waals surface area (Å²) >= 11 is 3.92. The lowest BCUT2D eigenvalue weighted by Crippen LogP contribution is -2.13.